The van der Waals surface area contributed by atoms with Crippen molar-refractivity contribution in [3.05, 3.63) is 33.6 Å². The van der Waals surface area contributed by atoms with Crippen molar-refractivity contribution in [2.45, 2.75) is 45.9 Å². The number of aromatic amines is 1. The highest BCUT2D eigenvalue weighted by Gasteiger charge is 2.42. The third-order valence-electron chi connectivity index (χ3n) is 3.94. The third-order valence-corrected chi connectivity index (χ3v) is 3.94. The molecule has 7 nitrogen and oxygen atoms in total. The first-order chi connectivity index (χ1) is 10.2. The molecule has 22 heavy (non-hydrogen) atoms. The molecule has 1 atom stereocenters. The van der Waals surface area contributed by atoms with Crippen molar-refractivity contribution >= 4 is 5.78 Å². The fraction of sp³-hybridized carbons (Fsp3) is 0.667. The topological polar surface area (TPSA) is 94.5 Å². The van der Waals surface area contributed by atoms with Crippen LogP contribution in [-0.4, -0.2) is 42.2 Å². The number of nitrogens with zero attached hydrogens (tertiary/aromatic N) is 1. The van der Waals surface area contributed by atoms with Gasteiger partial charge in [-0.2, -0.15) is 0 Å². The van der Waals surface area contributed by atoms with Crippen molar-refractivity contribution in [3.63, 3.8) is 0 Å². The number of carbonyl (C=O) groups excluding carboxylic acids is 1. The van der Waals surface area contributed by atoms with Gasteiger partial charge in [-0.25, -0.2) is 0 Å². The molecule has 1 aromatic rings. The number of nitrogens with one attached hydrogen (secondary N) is 1. The van der Waals surface area contributed by atoms with Crippen LogP contribution in [0.3, 0.4) is 0 Å². The maximum absolute atomic E-state index is 12.1. The zero-order valence-electron chi connectivity index (χ0n) is 13.7. The Morgan fingerprint density at radius 2 is 2.00 bits per heavy atom. The van der Waals surface area contributed by atoms with Crippen molar-refractivity contribution in [1.82, 2.24) is 4.98 Å². The standard InChI is InChI=1S/C15H24N2O5/c1-10-6-7-16-11(10)8-13(17(19)20)15(2,3)9-12(18)14(21-4)22-5/h6-7,13-14,16H,8-9H2,1-5H3. The average molecular weight is 312 g/mol. The molecule has 1 N–H and O–H groups in total. The van der Waals surface area contributed by atoms with E-state index in [1.807, 2.05) is 13.0 Å². The maximum atomic E-state index is 12.1. The minimum absolute atomic E-state index is 0.00471. The van der Waals surface area contributed by atoms with Gasteiger partial charge in [0.05, 0.1) is 6.42 Å². The molecule has 0 spiro atoms. The predicted octanol–water partition coefficient (Wildman–Crippen LogP) is 2.12. The van der Waals surface area contributed by atoms with Gasteiger partial charge in [0.15, 0.2) is 5.78 Å². The molecule has 0 radical (unpaired) electrons. The molecule has 0 aliphatic heterocycles. The van der Waals surface area contributed by atoms with Crippen LogP contribution >= 0.6 is 0 Å². The van der Waals surface area contributed by atoms with Crippen molar-refractivity contribution in [2.75, 3.05) is 14.2 Å². The fourth-order valence-corrected chi connectivity index (χ4v) is 2.54. The van der Waals surface area contributed by atoms with Crippen LogP contribution in [0.4, 0.5) is 0 Å². The fourth-order valence-electron chi connectivity index (χ4n) is 2.54. The number of ether oxygens (including phenoxy) is 2. The number of ketones is 1. The highest BCUT2D eigenvalue weighted by Crippen LogP contribution is 2.31. The molecule has 1 aromatic heterocycles. The molecule has 0 aromatic carbocycles. The van der Waals surface area contributed by atoms with E-state index in [0.29, 0.717) is 0 Å². The van der Waals surface area contributed by atoms with Crippen molar-refractivity contribution in [1.29, 1.82) is 0 Å². The number of nitro groups is 1. The second kappa shape index (κ2) is 7.51. The number of Topliss-reactive ketones (excluding diaryl/α,β-unsaturated/α-hetero) is 1. The molecule has 7 heteroatoms. The van der Waals surface area contributed by atoms with Crippen LogP contribution in [0.1, 0.15) is 31.5 Å². The van der Waals surface area contributed by atoms with Crippen LogP contribution in [-0.2, 0) is 20.7 Å². The molecule has 124 valence electrons. The van der Waals surface area contributed by atoms with Crippen LogP contribution in [0.15, 0.2) is 12.3 Å². The van der Waals surface area contributed by atoms with Crippen LogP contribution < -0.4 is 0 Å². The second-order valence-corrected chi connectivity index (χ2v) is 6.08. The van der Waals surface area contributed by atoms with Crippen LogP contribution in [0.2, 0.25) is 0 Å². The zero-order valence-corrected chi connectivity index (χ0v) is 13.7. The molecule has 0 saturated carbocycles. The Kier molecular flexibility index (Phi) is 6.25. The molecule has 0 aliphatic carbocycles. The molecule has 1 rings (SSSR count). The molecule has 0 bridgehead atoms. The summed E-state index contributed by atoms with van der Waals surface area (Å²) in [5, 5.41) is 11.5. The number of hydrogen-bond donors (Lipinski definition) is 1. The average Bonchev–Trinajstić information content (AvgIpc) is 2.81. The Hall–Kier alpha value is -1.73. The Morgan fingerprint density at radius 1 is 1.41 bits per heavy atom. The molecule has 0 aliphatic rings. The molecule has 0 fully saturated rings. The SMILES string of the molecule is COC(OC)C(=O)CC(C)(C)C(Cc1[nH]ccc1C)[N+](=O)[O-]. The molecular weight excluding hydrogens is 288 g/mol. The summed E-state index contributed by atoms with van der Waals surface area (Å²) in [5.41, 5.74) is 0.964. The molecule has 1 unspecified atom stereocenters. The van der Waals surface area contributed by atoms with E-state index in [0.717, 1.165) is 11.3 Å². The lowest BCUT2D eigenvalue weighted by molar-refractivity contribution is -0.540. The summed E-state index contributed by atoms with van der Waals surface area (Å²) in [7, 11) is 2.73. The minimum atomic E-state index is -0.987. The number of H-pyrrole nitrogens is 1. The number of hydrogen-bond acceptors (Lipinski definition) is 5. The maximum Gasteiger partial charge on any atom is 0.224 e. The Labute approximate surface area is 130 Å². The van der Waals surface area contributed by atoms with Crippen LogP contribution in [0.5, 0.6) is 0 Å². The Balaban J connectivity index is 2.91. The molecule has 0 saturated heterocycles. The van der Waals surface area contributed by atoms with E-state index in [2.05, 4.69) is 4.98 Å². The van der Waals surface area contributed by atoms with Gasteiger partial charge < -0.3 is 14.5 Å². The van der Waals surface area contributed by atoms with Gasteiger partial charge in [-0.05, 0) is 18.6 Å². The van der Waals surface area contributed by atoms with Gasteiger partial charge in [0.2, 0.25) is 12.3 Å². The van der Waals surface area contributed by atoms with E-state index < -0.39 is 17.7 Å². The molecule has 1 heterocycles. The number of rotatable bonds is 9. The number of aryl methyl sites for hydroxylation is 1. The normalized spacial score (nSPS) is 13.4. The molecule has 0 amide bonds. The predicted molar refractivity (Wildman–Crippen MR) is 81.2 cm³/mol. The monoisotopic (exact) mass is 312 g/mol. The van der Waals surface area contributed by atoms with E-state index in [1.165, 1.54) is 14.2 Å². The summed E-state index contributed by atoms with van der Waals surface area (Å²) in [4.78, 5) is 26.3. The summed E-state index contributed by atoms with van der Waals surface area (Å²) in [6.07, 6.45) is 1.02. The smallest absolute Gasteiger partial charge is 0.224 e. The first kappa shape index (κ1) is 18.3. The third kappa shape index (κ3) is 4.38. The lowest BCUT2D eigenvalue weighted by Crippen LogP contribution is -2.42. The van der Waals surface area contributed by atoms with Crippen LogP contribution in [0, 0.1) is 22.5 Å². The van der Waals surface area contributed by atoms with Gasteiger partial charge in [-0.1, -0.05) is 13.8 Å². The highest BCUT2D eigenvalue weighted by molar-refractivity contribution is 5.82. The largest absolute Gasteiger partial charge is 0.365 e. The Morgan fingerprint density at radius 3 is 2.41 bits per heavy atom. The quantitative estimate of drug-likeness (QED) is 0.428. The summed E-state index contributed by atoms with van der Waals surface area (Å²) >= 11 is 0. The van der Waals surface area contributed by atoms with Gasteiger partial charge in [0.25, 0.3) is 0 Å². The van der Waals surface area contributed by atoms with E-state index in [-0.39, 0.29) is 23.5 Å². The van der Waals surface area contributed by atoms with Crippen molar-refractivity contribution in [3.8, 4) is 0 Å². The van der Waals surface area contributed by atoms with Gasteiger partial charge in [-0.15, -0.1) is 0 Å². The minimum Gasteiger partial charge on any atom is -0.365 e. The summed E-state index contributed by atoms with van der Waals surface area (Å²) in [5.74, 6) is -0.301. The van der Waals surface area contributed by atoms with Crippen molar-refractivity contribution < 1.29 is 19.2 Å². The van der Waals surface area contributed by atoms with Gasteiger partial charge in [-0.3, -0.25) is 14.9 Å². The second-order valence-electron chi connectivity index (χ2n) is 6.08. The number of carbonyl (C=O) groups is 1. The molecular formula is C15H24N2O5. The number of aromatic nitrogens is 1. The highest BCUT2D eigenvalue weighted by atomic mass is 16.7. The van der Waals surface area contributed by atoms with E-state index >= 15 is 0 Å². The Bertz CT molecular complexity index is 520. The summed E-state index contributed by atoms with van der Waals surface area (Å²) in [6, 6.07) is 0.985. The number of methoxy groups -OCH3 is 2. The van der Waals surface area contributed by atoms with E-state index in [4.69, 9.17) is 9.47 Å². The van der Waals surface area contributed by atoms with Gasteiger partial charge in [0.1, 0.15) is 0 Å². The van der Waals surface area contributed by atoms with E-state index in [9.17, 15) is 14.9 Å². The summed E-state index contributed by atoms with van der Waals surface area (Å²) < 4.78 is 9.85. The van der Waals surface area contributed by atoms with Crippen molar-refractivity contribution in [2.24, 2.45) is 5.41 Å². The van der Waals surface area contributed by atoms with Gasteiger partial charge >= 0.3 is 0 Å². The lowest BCUT2D eigenvalue weighted by atomic mass is 9.77. The zero-order chi connectivity index (χ0) is 16.9. The first-order valence-electron chi connectivity index (χ1n) is 7.07. The lowest BCUT2D eigenvalue weighted by Gasteiger charge is -2.28. The first-order valence-corrected chi connectivity index (χ1v) is 7.07. The van der Waals surface area contributed by atoms with Gasteiger partial charge in [0, 0.05) is 42.9 Å². The van der Waals surface area contributed by atoms with E-state index in [1.54, 1.807) is 20.0 Å². The summed E-state index contributed by atoms with van der Waals surface area (Å²) in [6.45, 7) is 5.34. The van der Waals surface area contributed by atoms with Crippen LogP contribution in [0.25, 0.3) is 0 Å².